The van der Waals surface area contributed by atoms with Crippen molar-refractivity contribution in [2.75, 3.05) is 13.6 Å². The molecule has 3 rings (SSSR count). The average Bonchev–Trinajstić information content (AvgIpc) is 3.09. The van der Waals surface area contributed by atoms with E-state index in [0.717, 1.165) is 18.4 Å². The van der Waals surface area contributed by atoms with E-state index in [4.69, 9.17) is 4.52 Å². The maximum Gasteiger partial charge on any atom is 0.243 e. The Hall–Kier alpha value is -1.73. The van der Waals surface area contributed by atoms with Gasteiger partial charge in [0.25, 0.3) is 0 Å². The Morgan fingerprint density at radius 3 is 2.64 bits per heavy atom. The first-order chi connectivity index (χ1) is 12.0. The lowest BCUT2D eigenvalue weighted by Crippen LogP contribution is -2.29. The molecule has 0 atom stereocenters. The fourth-order valence-electron chi connectivity index (χ4n) is 3.28. The van der Waals surface area contributed by atoms with Crippen molar-refractivity contribution < 1.29 is 12.9 Å². The van der Waals surface area contributed by atoms with Crippen molar-refractivity contribution in [3.63, 3.8) is 0 Å². The minimum absolute atomic E-state index is 0.320. The van der Waals surface area contributed by atoms with Crippen LogP contribution in [0.15, 0.2) is 33.7 Å². The third kappa shape index (κ3) is 4.10. The van der Waals surface area contributed by atoms with Gasteiger partial charge in [0.1, 0.15) is 0 Å². The quantitative estimate of drug-likeness (QED) is 0.787. The smallest absolute Gasteiger partial charge is 0.243 e. The van der Waals surface area contributed by atoms with Crippen molar-refractivity contribution in [1.82, 2.24) is 14.4 Å². The van der Waals surface area contributed by atoms with Crippen LogP contribution in [-0.4, -0.2) is 36.5 Å². The molecule has 0 unspecified atom stereocenters. The standard InChI is InChI=1S/C18H25N3O3S/c1-14-8-6-7-11-16(14)25(22,23)21(2)13-12-17-19-18(24-20-17)15-9-4-3-5-10-15/h6-8,11,15H,3-5,9-10,12-13H2,1-2H3. The van der Waals surface area contributed by atoms with E-state index in [-0.39, 0.29) is 0 Å². The van der Waals surface area contributed by atoms with E-state index in [1.54, 1.807) is 32.2 Å². The van der Waals surface area contributed by atoms with Gasteiger partial charge in [-0.25, -0.2) is 12.7 Å². The second-order valence-electron chi connectivity index (χ2n) is 6.73. The summed E-state index contributed by atoms with van der Waals surface area (Å²) in [6, 6.07) is 7.01. The molecule has 2 aromatic rings. The molecule has 25 heavy (non-hydrogen) atoms. The van der Waals surface area contributed by atoms with E-state index in [9.17, 15) is 8.42 Å². The first-order valence-corrected chi connectivity index (χ1v) is 10.3. The largest absolute Gasteiger partial charge is 0.339 e. The first kappa shape index (κ1) is 18.1. The highest BCUT2D eigenvalue weighted by Crippen LogP contribution is 2.31. The number of aryl methyl sites for hydroxylation is 1. The maximum absolute atomic E-state index is 12.7. The first-order valence-electron chi connectivity index (χ1n) is 8.83. The fourth-order valence-corrected chi connectivity index (χ4v) is 4.67. The summed E-state index contributed by atoms with van der Waals surface area (Å²) in [6.07, 6.45) is 6.34. The van der Waals surface area contributed by atoms with Crippen molar-refractivity contribution in [1.29, 1.82) is 0 Å². The molecule has 0 N–H and O–H groups in total. The number of sulfonamides is 1. The van der Waals surface area contributed by atoms with Gasteiger partial charge in [-0.3, -0.25) is 0 Å². The van der Waals surface area contributed by atoms with Gasteiger partial charge in [-0.1, -0.05) is 42.6 Å². The zero-order valence-corrected chi connectivity index (χ0v) is 15.6. The second-order valence-corrected chi connectivity index (χ2v) is 8.74. The number of benzene rings is 1. The third-order valence-electron chi connectivity index (χ3n) is 4.87. The number of rotatable bonds is 6. The molecule has 7 heteroatoms. The van der Waals surface area contributed by atoms with Crippen molar-refractivity contribution in [2.24, 2.45) is 0 Å². The third-order valence-corrected chi connectivity index (χ3v) is 6.89. The Balaban J connectivity index is 1.63. The summed E-state index contributed by atoms with van der Waals surface area (Å²) in [5, 5.41) is 4.03. The lowest BCUT2D eigenvalue weighted by Gasteiger charge is -2.18. The lowest BCUT2D eigenvalue weighted by atomic mass is 9.89. The molecule has 6 nitrogen and oxygen atoms in total. The Kier molecular flexibility index (Phi) is 5.54. The molecule has 0 bridgehead atoms. The van der Waals surface area contributed by atoms with Crippen LogP contribution in [0, 0.1) is 6.92 Å². The summed E-state index contributed by atoms with van der Waals surface area (Å²) in [6.45, 7) is 2.12. The molecule has 1 aliphatic rings. The van der Waals surface area contributed by atoms with Crippen LogP contribution in [0.4, 0.5) is 0 Å². The Morgan fingerprint density at radius 2 is 1.92 bits per heavy atom. The fraction of sp³-hybridized carbons (Fsp3) is 0.556. The summed E-state index contributed by atoms with van der Waals surface area (Å²) in [5.74, 6) is 1.65. The van der Waals surface area contributed by atoms with Gasteiger partial charge in [0, 0.05) is 25.9 Å². The van der Waals surface area contributed by atoms with E-state index in [1.807, 2.05) is 6.07 Å². The second kappa shape index (κ2) is 7.66. The minimum atomic E-state index is -3.51. The molecule has 136 valence electrons. The zero-order valence-electron chi connectivity index (χ0n) is 14.8. The highest BCUT2D eigenvalue weighted by molar-refractivity contribution is 7.89. The predicted molar refractivity (Wildman–Crippen MR) is 94.8 cm³/mol. The van der Waals surface area contributed by atoms with Crippen LogP contribution in [0.2, 0.25) is 0 Å². The summed E-state index contributed by atoms with van der Waals surface area (Å²) in [5.41, 5.74) is 0.744. The topological polar surface area (TPSA) is 76.3 Å². The monoisotopic (exact) mass is 363 g/mol. The van der Waals surface area contributed by atoms with Crippen LogP contribution in [0.25, 0.3) is 0 Å². The number of likely N-dealkylation sites (N-methyl/N-ethyl adjacent to an activating group) is 1. The molecule has 0 aliphatic heterocycles. The van der Waals surface area contributed by atoms with E-state index < -0.39 is 10.0 Å². The Bertz CT molecular complexity index is 810. The van der Waals surface area contributed by atoms with Gasteiger partial charge in [-0.2, -0.15) is 4.98 Å². The van der Waals surface area contributed by atoms with Gasteiger partial charge in [0.15, 0.2) is 5.82 Å². The van der Waals surface area contributed by atoms with Gasteiger partial charge in [0.05, 0.1) is 4.90 Å². The number of nitrogens with zero attached hydrogens (tertiary/aromatic N) is 3. The van der Waals surface area contributed by atoms with E-state index in [2.05, 4.69) is 10.1 Å². The van der Waals surface area contributed by atoms with Crippen LogP contribution in [0.5, 0.6) is 0 Å². The Morgan fingerprint density at radius 1 is 1.20 bits per heavy atom. The molecule has 1 aromatic carbocycles. The highest BCUT2D eigenvalue weighted by atomic mass is 32.2. The normalized spacial score (nSPS) is 16.4. The van der Waals surface area contributed by atoms with E-state index in [0.29, 0.717) is 35.5 Å². The van der Waals surface area contributed by atoms with Gasteiger partial charge in [0.2, 0.25) is 15.9 Å². The van der Waals surface area contributed by atoms with Crippen molar-refractivity contribution in [3.05, 3.63) is 41.5 Å². The van der Waals surface area contributed by atoms with Crippen molar-refractivity contribution in [3.8, 4) is 0 Å². The summed E-state index contributed by atoms with van der Waals surface area (Å²) in [7, 11) is -1.92. The van der Waals surface area contributed by atoms with Crippen LogP contribution in [0.3, 0.4) is 0 Å². The van der Waals surface area contributed by atoms with Crippen LogP contribution in [0.1, 0.15) is 55.3 Å². The molecular formula is C18H25N3O3S. The number of aromatic nitrogens is 2. The molecule has 1 aromatic heterocycles. The molecule has 1 fully saturated rings. The molecule has 1 saturated carbocycles. The van der Waals surface area contributed by atoms with Gasteiger partial charge >= 0.3 is 0 Å². The molecule has 0 radical (unpaired) electrons. The average molecular weight is 363 g/mol. The van der Waals surface area contributed by atoms with E-state index in [1.165, 1.54) is 23.6 Å². The lowest BCUT2D eigenvalue weighted by molar-refractivity contribution is 0.311. The van der Waals surface area contributed by atoms with Gasteiger partial charge in [-0.05, 0) is 31.4 Å². The Labute approximate surface area is 149 Å². The molecule has 0 amide bonds. The summed E-state index contributed by atoms with van der Waals surface area (Å²) < 4.78 is 32.1. The van der Waals surface area contributed by atoms with Crippen LogP contribution in [-0.2, 0) is 16.4 Å². The molecular weight excluding hydrogens is 338 g/mol. The van der Waals surface area contributed by atoms with Crippen molar-refractivity contribution in [2.45, 2.75) is 56.3 Å². The highest BCUT2D eigenvalue weighted by Gasteiger charge is 2.24. The van der Waals surface area contributed by atoms with Gasteiger partial charge < -0.3 is 4.52 Å². The number of hydrogen-bond donors (Lipinski definition) is 0. The van der Waals surface area contributed by atoms with Crippen LogP contribution >= 0.6 is 0 Å². The van der Waals surface area contributed by atoms with E-state index >= 15 is 0 Å². The van der Waals surface area contributed by atoms with Gasteiger partial charge in [-0.15, -0.1) is 0 Å². The van der Waals surface area contributed by atoms with Crippen LogP contribution < -0.4 is 0 Å². The SMILES string of the molecule is Cc1ccccc1S(=O)(=O)N(C)CCc1noc(C2CCCCC2)n1. The van der Waals surface area contributed by atoms with Crippen molar-refractivity contribution >= 4 is 10.0 Å². The summed E-state index contributed by atoms with van der Waals surface area (Å²) in [4.78, 5) is 4.82. The molecule has 0 saturated heterocycles. The number of hydrogen-bond acceptors (Lipinski definition) is 5. The predicted octanol–water partition coefficient (Wildman–Crippen LogP) is 3.29. The maximum atomic E-state index is 12.7. The minimum Gasteiger partial charge on any atom is -0.339 e. The summed E-state index contributed by atoms with van der Waals surface area (Å²) >= 11 is 0. The molecule has 0 spiro atoms. The zero-order chi connectivity index (χ0) is 17.9. The molecule has 1 heterocycles. The molecule has 1 aliphatic carbocycles.